The van der Waals surface area contributed by atoms with Gasteiger partial charge in [-0.1, -0.05) is 36.4 Å². The smallest absolute Gasteiger partial charge is 0.268 e. The van der Waals surface area contributed by atoms with Crippen molar-refractivity contribution in [2.24, 2.45) is 0 Å². The number of fused-ring (bicyclic) bond motifs is 1. The molecule has 1 aromatic carbocycles. The predicted molar refractivity (Wildman–Crippen MR) is 108 cm³/mol. The minimum atomic E-state index is -0.0880. The Labute approximate surface area is 157 Å². The van der Waals surface area contributed by atoms with Crippen LogP contribution < -0.4 is 11.1 Å². The van der Waals surface area contributed by atoms with E-state index in [9.17, 15) is 0 Å². The summed E-state index contributed by atoms with van der Waals surface area (Å²) in [5.41, 5.74) is 10.5. The summed E-state index contributed by atoms with van der Waals surface area (Å²) in [5, 5.41) is 3.33. The number of nitrogen functional groups attached to an aromatic ring is 1. The maximum atomic E-state index is 7.36. The molecule has 132 valence electrons. The minimum Gasteiger partial charge on any atom is -0.392 e. The molecule has 1 atom stereocenters. The standard InChI is InChI=1S/C21H18N6/c1-14(26-21-18(23-2)20(22)24-13-25-21)17-12-16-10-6-7-11-27(16)19(17)15-8-4-3-5-9-15/h3-14H,1H3,(H3,22,24,25,26). The highest BCUT2D eigenvalue weighted by Gasteiger charge is 2.19. The van der Waals surface area contributed by atoms with Crippen LogP contribution in [-0.4, -0.2) is 14.4 Å². The first-order valence-corrected chi connectivity index (χ1v) is 8.59. The van der Waals surface area contributed by atoms with Gasteiger partial charge in [-0.25, -0.2) is 14.8 Å². The molecule has 27 heavy (non-hydrogen) atoms. The molecule has 0 radical (unpaired) electrons. The van der Waals surface area contributed by atoms with E-state index in [1.807, 2.05) is 37.3 Å². The lowest BCUT2D eigenvalue weighted by molar-refractivity contribution is 0.876. The molecule has 3 heterocycles. The average molecular weight is 354 g/mol. The maximum Gasteiger partial charge on any atom is 0.268 e. The van der Waals surface area contributed by atoms with Crippen LogP contribution in [0.3, 0.4) is 0 Å². The van der Waals surface area contributed by atoms with Gasteiger partial charge in [0.05, 0.1) is 18.3 Å². The van der Waals surface area contributed by atoms with Crippen LogP contribution in [0.2, 0.25) is 0 Å². The first-order chi connectivity index (χ1) is 13.2. The van der Waals surface area contributed by atoms with Crippen molar-refractivity contribution in [2.45, 2.75) is 13.0 Å². The van der Waals surface area contributed by atoms with Crippen molar-refractivity contribution in [2.75, 3.05) is 11.1 Å². The number of anilines is 2. The van der Waals surface area contributed by atoms with Crippen LogP contribution in [0.25, 0.3) is 21.6 Å². The van der Waals surface area contributed by atoms with E-state index in [4.69, 9.17) is 12.3 Å². The molecule has 3 N–H and O–H groups in total. The number of hydrogen-bond donors (Lipinski definition) is 2. The van der Waals surface area contributed by atoms with Crippen molar-refractivity contribution in [3.8, 4) is 11.3 Å². The van der Waals surface area contributed by atoms with Crippen molar-refractivity contribution in [1.29, 1.82) is 0 Å². The van der Waals surface area contributed by atoms with Crippen LogP contribution >= 0.6 is 0 Å². The number of hydrogen-bond acceptors (Lipinski definition) is 4. The number of nitrogens with two attached hydrogens (primary N) is 1. The Bertz CT molecular complexity index is 1140. The molecular weight excluding hydrogens is 336 g/mol. The zero-order chi connectivity index (χ0) is 18.8. The highest BCUT2D eigenvalue weighted by molar-refractivity contribution is 5.77. The third-order valence-electron chi connectivity index (χ3n) is 4.54. The van der Waals surface area contributed by atoms with Gasteiger partial charge in [0.25, 0.3) is 5.69 Å². The van der Waals surface area contributed by atoms with Crippen LogP contribution in [0.1, 0.15) is 18.5 Å². The Morgan fingerprint density at radius 2 is 1.89 bits per heavy atom. The van der Waals surface area contributed by atoms with Crippen LogP contribution in [0, 0.1) is 6.57 Å². The van der Waals surface area contributed by atoms with E-state index in [0.29, 0.717) is 5.82 Å². The number of rotatable bonds is 4. The lowest BCUT2D eigenvalue weighted by Gasteiger charge is -2.17. The van der Waals surface area contributed by atoms with Gasteiger partial charge in [-0.2, -0.15) is 0 Å². The Hall–Kier alpha value is -3.85. The molecule has 6 nitrogen and oxygen atoms in total. The molecule has 0 aliphatic heterocycles. The quantitative estimate of drug-likeness (QED) is 0.521. The maximum absolute atomic E-state index is 7.36. The van der Waals surface area contributed by atoms with Gasteiger partial charge < -0.3 is 15.5 Å². The highest BCUT2D eigenvalue weighted by Crippen LogP contribution is 2.35. The van der Waals surface area contributed by atoms with Gasteiger partial charge in [0.1, 0.15) is 18.0 Å². The second-order valence-corrected chi connectivity index (χ2v) is 6.24. The summed E-state index contributed by atoms with van der Waals surface area (Å²) in [5.74, 6) is 0.624. The molecule has 4 aromatic rings. The first-order valence-electron chi connectivity index (χ1n) is 8.59. The van der Waals surface area contributed by atoms with E-state index < -0.39 is 0 Å². The molecule has 0 aliphatic carbocycles. The normalized spacial score (nSPS) is 11.9. The summed E-state index contributed by atoms with van der Waals surface area (Å²) in [7, 11) is 0. The summed E-state index contributed by atoms with van der Waals surface area (Å²) < 4.78 is 2.17. The number of pyridine rings is 1. The molecule has 0 fully saturated rings. The summed E-state index contributed by atoms with van der Waals surface area (Å²) in [6.45, 7) is 9.41. The minimum absolute atomic E-state index is 0.0880. The SMILES string of the molecule is [C-]#[N+]c1c(N)ncnc1NC(C)c1cc2ccccn2c1-c1ccccc1. The molecule has 0 saturated carbocycles. The van der Waals surface area contributed by atoms with Crippen molar-refractivity contribution in [1.82, 2.24) is 14.4 Å². The second kappa shape index (κ2) is 6.81. The molecule has 0 amide bonds. The van der Waals surface area contributed by atoms with Crippen molar-refractivity contribution >= 4 is 22.8 Å². The van der Waals surface area contributed by atoms with E-state index in [1.165, 1.54) is 6.33 Å². The molecule has 4 rings (SSSR count). The van der Waals surface area contributed by atoms with E-state index in [0.717, 1.165) is 22.3 Å². The van der Waals surface area contributed by atoms with Crippen molar-refractivity contribution in [3.05, 3.63) is 84.1 Å². The fourth-order valence-electron chi connectivity index (χ4n) is 3.27. The van der Waals surface area contributed by atoms with Gasteiger partial charge in [0.2, 0.25) is 0 Å². The summed E-state index contributed by atoms with van der Waals surface area (Å²) in [6, 6.07) is 18.4. The third kappa shape index (κ3) is 2.96. The van der Waals surface area contributed by atoms with Crippen LogP contribution in [0.4, 0.5) is 17.3 Å². The van der Waals surface area contributed by atoms with E-state index in [2.05, 4.69) is 55.0 Å². The topological polar surface area (TPSA) is 72.6 Å². The van der Waals surface area contributed by atoms with Gasteiger partial charge in [-0.15, -0.1) is 0 Å². The lowest BCUT2D eigenvalue weighted by Crippen LogP contribution is -2.09. The number of aromatic nitrogens is 3. The van der Waals surface area contributed by atoms with E-state index >= 15 is 0 Å². The molecule has 1 unspecified atom stereocenters. The third-order valence-corrected chi connectivity index (χ3v) is 4.54. The average Bonchev–Trinajstić information content (AvgIpc) is 3.08. The zero-order valence-corrected chi connectivity index (χ0v) is 14.8. The predicted octanol–water partition coefficient (Wildman–Crippen LogP) is 4.70. The van der Waals surface area contributed by atoms with Crippen molar-refractivity contribution in [3.63, 3.8) is 0 Å². The second-order valence-electron chi connectivity index (χ2n) is 6.24. The van der Waals surface area contributed by atoms with Gasteiger partial charge in [0.15, 0.2) is 0 Å². The van der Waals surface area contributed by atoms with Gasteiger partial charge >= 0.3 is 0 Å². The van der Waals surface area contributed by atoms with Gasteiger partial charge in [-0.05, 0) is 30.7 Å². The molecule has 0 saturated heterocycles. The molecule has 6 heteroatoms. The Balaban J connectivity index is 1.82. The molecule has 3 aromatic heterocycles. The summed E-state index contributed by atoms with van der Waals surface area (Å²) in [6.07, 6.45) is 3.43. The van der Waals surface area contributed by atoms with Crippen LogP contribution in [0.15, 0.2) is 67.1 Å². The molecular formula is C21H18N6. The largest absolute Gasteiger partial charge is 0.392 e. The lowest BCUT2D eigenvalue weighted by atomic mass is 10.0. The van der Waals surface area contributed by atoms with E-state index in [-0.39, 0.29) is 17.5 Å². The Kier molecular flexibility index (Phi) is 4.19. The fraction of sp³-hybridized carbons (Fsp3) is 0.0952. The highest BCUT2D eigenvalue weighted by atomic mass is 15.1. The first kappa shape index (κ1) is 16.6. The zero-order valence-electron chi connectivity index (χ0n) is 14.8. The van der Waals surface area contributed by atoms with Gasteiger partial charge in [-0.3, -0.25) is 0 Å². The summed E-state index contributed by atoms with van der Waals surface area (Å²) >= 11 is 0. The number of nitrogens with one attached hydrogen (secondary N) is 1. The fourth-order valence-corrected chi connectivity index (χ4v) is 3.27. The molecule has 0 bridgehead atoms. The Morgan fingerprint density at radius 3 is 2.67 bits per heavy atom. The number of nitrogens with zero attached hydrogens (tertiary/aromatic N) is 4. The van der Waals surface area contributed by atoms with Crippen LogP contribution in [-0.2, 0) is 0 Å². The van der Waals surface area contributed by atoms with E-state index in [1.54, 1.807) is 0 Å². The monoisotopic (exact) mass is 354 g/mol. The number of benzene rings is 1. The summed E-state index contributed by atoms with van der Waals surface area (Å²) in [4.78, 5) is 11.6. The molecule has 0 aliphatic rings. The van der Waals surface area contributed by atoms with Gasteiger partial charge in [0, 0.05) is 17.3 Å². The Morgan fingerprint density at radius 1 is 1.11 bits per heavy atom. The van der Waals surface area contributed by atoms with Crippen LogP contribution in [0.5, 0.6) is 0 Å². The molecule has 0 spiro atoms. The van der Waals surface area contributed by atoms with Crippen molar-refractivity contribution < 1.29 is 0 Å².